The maximum absolute atomic E-state index is 12.4. The molecule has 1 aromatic heterocycles. The fourth-order valence-corrected chi connectivity index (χ4v) is 1.55. The molecule has 0 saturated heterocycles. The minimum atomic E-state index is -4.57. The fourth-order valence-electron chi connectivity index (χ4n) is 1.55. The first kappa shape index (κ1) is 12.9. The monoisotopic (exact) mass is 271 g/mol. The summed E-state index contributed by atoms with van der Waals surface area (Å²) in [7, 11) is 0. The predicted molar refractivity (Wildman–Crippen MR) is 59.9 cm³/mol. The third-order valence-electron chi connectivity index (χ3n) is 2.44. The zero-order valence-corrected chi connectivity index (χ0v) is 9.35. The van der Waals surface area contributed by atoms with E-state index in [1.807, 2.05) is 0 Å². The summed E-state index contributed by atoms with van der Waals surface area (Å²) >= 11 is 0. The number of anilines is 1. The van der Waals surface area contributed by atoms with Crippen LogP contribution in [0.2, 0.25) is 0 Å². The van der Waals surface area contributed by atoms with Crippen LogP contribution in [-0.2, 0) is 6.18 Å². The van der Waals surface area contributed by atoms with Gasteiger partial charge in [0.25, 0.3) is 0 Å². The number of nitrogens with zero attached hydrogens (tertiary/aromatic N) is 2. The second kappa shape index (κ2) is 4.30. The molecule has 1 heterocycles. The van der Waals surface area contributed by atoms with E-state index in [0.29, 0.717) is 0 Å². The maximum Gasteiger partial charge on any atom is 0.435 e. The Kier molecular flexibility index (Phi) is 2.93. The number of benzene rings is 1. The third-order valence-corrected chi connectivity index (χ3v) is 2.44. The van der Waals surface area contributed by atoms with Crippen LogP contribution in [0.3, 0.4) is 0 Å². The first-order chi connectivity index (χ1) is 8.80. The van der Waals surface area contributed by atoms with E-state index >= 15 is 0 Å². The van der Waals surface area contributed by atoms with Crippen LogP contribution in [0, 0.1) is 0 Å². The van der Waals surface area contributed by atoms with E-state index in [9.17, 15) is 18.0 Å². The highest BCUT2D eigenvalue weighted by molar-refractivity contribution is 5.95. The highest BCUT2D eigenvalue weighted by Crippen LogP contribution is 2.29. The Hall–Kier alpha value is -2.51. The van der Waals surface area contributed by atoms with E-state index in [0.717, 1.165) is 16.9 Å². The molecule has 0 saturated carbocycles. The fraction of sp³-hybridized carbons (Fsp3) is 0.0909. The number of nitrogens with two attached hydrogens (primary N) is 1. The Morgan fingerprint density at radius 3 is 2.53 bits per heavy atom. The van der Waals surface area contributed by atoms with Crippen LogP contribution in [0.25, 0.3) is 5.69 Å². The van der Waals surface area contributed by atoms with E-state index < -0.39 is 17.8 Å². The quantitative estimate of drug-likeness (QED) is 0.820. The Bertz CT molecular complexity index is 634. The number of carbonyl (C=O) groups is 1. The smallest absolute Gasteiger partial charge is 0.435 e. The molecular weight excluding hydrogens is 263 g/mol. The molecule has 100 valence electrons. The van der Waals surface area contributed by atoms with Gasteiger partial charge >= 0.3 is 12.1 Å². The van der Waals surface area contributed by atoms with E-state index in [1.54, 1.807) is 0 Å². The van der Waals surface area contributed by atoms with E-state index in [2.05, 4.69) is 5.10 Å². The van der Waals surface area contributed by atoms with Crippen molar-refractivity contribution >= 4 is 11.7 Å². The Balaban J connectivity index is 2.51. The molecule has 0 aliphatic carbocycles. The Morgan fingerprint density at radius 1 is 1.32 bits per heavy atom. The number of hydrogen-bond acceptors (Lipinski definition) is 3. The van der Waals surface area contributed by atoms with Crippen LogP contribution in [-0.4, -0.2) is 20.9 Å². The van der Waals surface area contributed by atoms with Gasteiger partial charge in [0.1, 0.15) is 0 Å². The largest absolute Gasteiger partial charge is 0.478 e. The standard InChI is InChI=1S/C11H8F3N3O2/c12-11(13,14)8-4-5-17(16-8)7-3-1-2-6(9(7)15)10(18)19/h1-5H,15H2,(H,18,19). The van der Waals surface area contributed by atoms with Gasteiger partial charge in [0.2, 0.25) is 0 Å². The Labute approximate surface area is 105 Å². The minimum absolute atomic E-state index is 0.0791. The lowest BCUT2D eigenvalue weighted by atomic mass is 10.1. The average molecular weight is 271 g/mol. The van der Waals surface area contributed by atoms with Crippen LogP contribution < -0.4 is 5.73 Å². The number of aromatic carboxylic acids is 1. The number of aromatic nitrogens is 2. The Morgan fingerprint density at radius 2 is 2.00 bits per heavy atom. The van der Waals surface area contributed by atoms with Gasteiger partial charge in [-0.2, -0.15) is 18.3 Å². The summed E-state index contributed by atoms with van der Waals surface area (Å²) in [5.41, 5.74) is 4.28. The van der Waals surface area contributed by atoms with Gasteiger partial charge < -0.3 is 10.8 Å². The summed E-state index contributed by atoms with van der Waals surface area (Å²) in [5, 5.41) is 12.2. The van der Waals surface area contributed by atoms with Crippen molar-refractivity contribution in [3.05, 3.63) is 41.7 Å². The van der Waals surface area contributed by atoms with Crippen molar-refractivity contribution in [3.63, 3.8) is 0 Å². The molecule has 3 N–H and O–H groups in total. The first-order valence-corrected chi connectivity index (χ1v) is 5.05. The van der Waals surface area contributed by atoms with Gasteiger partial charge in [-0.1, -0.05) is 6.07 Å². The van der Waals surface area contributed by atoms with Crippen molar-refractivity contribution in [1.82, 2.24) is 9.78 Å². The molecular formula is C11H8F3N3O2. The minimum Gasteiger partial charge on any atom is -0.478 e. The van der Waals surface area contributed by atoms with Crippen molar-refractivity contribution < 1.29 is 23.1 Å². The molecule has 0 radical (unpaired) electrons. The van der Waals surface area contributed by atoms with Crippen molar-refractivity contribution in [3.8, 4) is 5.69 Å². The molecule has 5 nitrogen and oxygen atoms in total. The number of nitrogen functional groups attached to an aromatic ring is 1. The highest BCUT2D eigenvalue weighted by Gasteiger charge is 2.33. The predicted octanol–water partition coefficient (Wildman–Crippen LogP) is 2.17. The van der Waals surface area contributed by atoms with Crippen LogP contribution in [0.1, 0.15) is 16.1 Å². The molecule has 2 aromatic rings. The van der Waals surface area contributed by atoms with Crippen LogP contribution in [0.5, 0.6) is 0 Å². The van der Waals surface area contributed by atoms with Crippen LogP contribution in [0.15, 0.2) is 30.5 Å². The number of halogens is 3. The summed E-state index contributed by atoms with van der Waals surface area (Å²) in [4.78, 5) is 10.9. The second-order valence-corrected chi connectivity index (χ2v) is 3.69. The molecule has 0 aliphatic rings. The SMILES string of the molecule is Nc1c(C(=O)O)cccc1-n1ccc(C(F)(F)F)n1. The van der Waals surface area contributed by atoms with E-state index in [4.69, 9.17) is 10.8 Å². The van der Waals surface area contributed by atoms with Gasteiger partial charge in [0.15, 0.2) is 5.69 Å². The number of alkyl halides is 3. The van der Waals surface area contributed by atoms with Gasteiger partial charge in [-0.05, 0) is 18.2 Å². The summed E-state index contributed by atoms with van der Waals surface area (Å²) in [6, 6.07) is 4.81. The zero-order chi connectivity index (χ0) is 14.2. The first-order valence-electron chi connectivity index (χ1n) is 5.05. The number of carboxylic acid groups (broad SMARTS) is 1. The van der Waals surface area contributed by atoms with E-state index in [1.165, 1.54) is 18.2 Å². The average Bonchev–Trinajstić information content (AvgIpc) is 2.77. The van der Waals surface area contributed by atoms with E-state index in [-0.39, 0.29) is 16.9 Å². The number of rotatable bonds is 2. The summed E-state index contributed by atoms with van der Waals surface area (Å²) < 4.78 is 38.2. The van der Waals surface area contributed by atoms with Crippen molar-refractivity contribution in [2.75, 3.05) is 5.73 Å². The molecule has 0 atom stereocenters. The zero-order valence-electron chi connectivity index (χ0n) is 9.35. The lowest BCUT2D eigenvalue weighted by Crippen LogP contribution is -2.10. The lowest BCUT2D eigenvalue weighted by molar-refractivity contribution is -0.141. The number of hydrogen-bond donors (Lipinski definition) is 2. The third kappa shape index (κ3) is 2.37. The lowest BCUT2D eigenvalue weighted by Gasteiger charge is -2.08. The summed E-state index contributed by atoms with van der Waals surface area (Å²) in [5.74, 6) is -1.26. The molecule has 1 aromatic carbocycles. The van der Waals surface area contributed by atoms with Crippen molar-refractivity contribution in [2.45, 2.75) is 6.18 Å². The molecule has 0 fully saturated rings. The summed E-state index contributed by atoms with van der Waals surface area (Å²) in [6.07, 6.45) is -3.50. The number of para-hydroxylation sites is 1. The molecule has 0 amide bonds. The molecule has 8 heteroatoms. The molecule has 0 unspecified atom stereocenters. The van der Waals surface area contributed by atoms with Crippen molar-refractivity contribution in [1.29, 1.82) is 0 Å². The summed E-state index contributed by atoms with van der Waals surface area (Å²) in [6.45, 7) is 0. The van der Waals surface area contributed by atoms with Gasteiger partial charge in [-0.25, -0.2) is 9.48 Å². The van der Waals surface area contributed by atoms with Crippen LogP contribution >= 0.6 is 0 Å². The van der Waals surface area contributed by atoms with Crippen molar-refractivity contribution in [2.24, 2.45) is 0 Å². The normalized spacial score (nSPS) is 11.5. The van der Waals surface area contributed by atoms with Gasteiger partial charge in [0, 0.05) is 6.20 Å². The second-order valence-electron chi connectivity index (χ2n) is 3.69. The van der Waals surface area contributed by atoms with Gasteiger partial charge in [-0.3, -0.25) is 0 Å². The molecule has 0 aliphatic heterocycles. The van der Waals surface area contributed by atoms with Crippen LogP contribution in [0.4, 0.5) is 18.9 Å². The molecule has 0 bridgehead atoms. The molecule has 2 rings (SSSR count). The maximum atomic E-state index is 12.4. The van der Waals surface area contributed by atoms with Gasteiger partial charge in [0.05, 0.1) is 16.9 Å². The van der Waals surface area contributed by atoms with Gasteiger partial charge in [-0.15, -0.1) is 0 Å². The highest BCUT2D eigenvalue weighted by atomic mass is 19.4. The molecule has 0 spiro atoms. The topological polar surface area (TPSA) is 81.1 Å². The molecule has 19 heavy (non-hydrogen) atoms. The number of carboxylic acids is 1.